The number of allylic oxidation sites excluding steroid dienone is 1. The quantitative estimate of drug-likeness (QED) is 0.434. The zero-order valence-electron chi connectivity index (χ0n) is 9.50. The standard InChI is InChI=1S/C12H25NO/c1-3-4-5-6-7-9-12(13)10-8-11-14-2/h3,12H,1,4-11,13H2,2H3. The highest BCUT2D eigenvalue weighted by Crippen LogP contribution is 2.08. The van der Waals surface area contributed by atoms with E-state index in [1.165, 1.54) is 19.3 Å². The minimum absolute atomic E-state index is 0.369. The van der Waals surface area contributed by atoms with Gasteiger partial charge in [-0.25, -0.2) is 0 Å². The van der Waals surface area contributed by atoms with E-state index in [1.807, 2.05) is 6.08 Å². The van der Waals surface area contributed by atoms with Crippen LogP contribution >= 0.6 is 0 Å². The van der Waals surface area contributed by atoms with Crippen molar-refractivity contribution in [3.63, 3.8) is 0 Å². The molecule has 84 valence electrons. The third-order valence-corrected chi connectivity index (χ3v) is 2.41. The van der Waals surface area contributed by atoms with E-state index in [0.29, 0.717) is 6.04 Å². The third kappa shape index (κ3) is 9.75. The Morgan fingerprint density at radius 2 is 1.93 bits per heavy atom. The molecule has 0 aromatic rings. The van der Waals surface area contributed by atoms with Crippen molar-refractivity contribution in [2.45, 2.75) is 51.0 Å². The molecule has 0 rings (SSSR count). The van der Waals surface area contributed by atoms with Gasteiger partial charge in [0.25, 0.3) is 0 Å². The molecule has 1 unspecified atom stereocenters. The maximum Gasteiger partial charge on any atom is 0.0462 e. The predicted molar refractivity (Wildman–Crippen MR) is 62.4 cm³/mol. The van der Waals surface area contributed by atoms with Crippen molar-refractivity contribution in [1.82, 2.24) is 0 Å². The Hall–Kier alpha value is -0.340. The highest BCUT2D eigenvalue weighted by Gasteiger charge is 2.01. The van der Waals surface area contributed by atoms with Crippen LogP contribution in [0.1, 0.15) is 44.9 Å². The lowest BCUT2D eigenvalue weighted by Gasteiger charge is -2.10. The smallest absolute Gasteiger partial charge is 0.0462 e. The van der Waals surface area contributed by atoms with Crippen molar-refractivity contribution in [3.8, 4) is 0 Å². The first-order valence-corrected chi connectivity index (χ1v) is 5.66. The largest absolute Gasteiger partial charge is 0.385 e. The second-order valence-electron chi connectivity index (χ2n) is 3.82. The summed E-state index contributed by atoms with van der Waals surface area (Å²) in [6.07, 6.45) is 10.2. The van der Waals surface area contributed by atoms with E-state index < -0.39 is 0 Å². The lowest BCUT2D eigenvalue weighted by molar-refractivity contribution is 0.190. The van der Waals surface area contributed by atoms with Crippen LogP contribution in [0, 0.1) is 0 Å². The molecule has 2 nitrogen and oxygen atoms in total. The number of nitrogens with two attached hydrogens (primary N) is 1. The van der Waals surface area contributed by atoms with Crippen molar-refractivity contribution in [2.75, 3.05) is 13.7 Å². The molecule has 2 N–H and O–H groups in total. The Bertz CT molecular complexity index is 125. The molecule has 14 heavy (non-hydrogen) atoms. The van der Waals surface area contributed by atoms with E-state index in [9.17, 15) is 0 Å². The molecule has 0 saturated heterocycles. The van der Waals surface area contributed by atoms with Gasteiger partial charge >= 0.3 is 0 Å². The Labute approximate surface area is 88.5 Å². The van der Waals surface area contributed by atoms with Crippen LogP contribution in [0.3, 0.4) is 0 Å². The first kappa shape index (κ1) is 13.7. The van der Waals surface area contributed by atoms with Crippen LogP contribution in [0.15, 0.2) is 12.7 Å². The van der Waals surface area contributed by atoms with Crippen molar-refractivity contribution >= 4 is 0 Å². The molecule has 0 radical (unpaired) electrons. The second kappa shape index (κ2) is 10.7. The first-order chi connectivity index (χ1) is 6.81. The Kier molecular flexibility index (Phi) is 10.5. The summed E-state index contributed by atoms with van der Waals surface area (Å²) in [6, 6.07) is 0.369. The second-order valence-corrected chi connectivity index (χ2v) is 3.82. The first-order valence-electron chi connectivity index (χ1n) is 5.66. The van der Waals surface area contributed by atoms with E-state index in [0.717, 1.165) is 32.3 Å². The van der Waals surface area contributed by atoms with Gasteiger partial charge in [-0.05, 0) is 32.1 Å². The number of unbranched alkanes of at least 4 members (excludes halogenated alkanes) is 3. The van der Waals surface area contributed by atoms with E-state index in [1.54, 1.807) is 7.11 Å². The van der Waals surface area contributed by atoms with Gasteiger partial charge in [-0.3, -0.25) is 0 Å². The molecule has 0 fully saturated rings. The predicted octanol–water partition coefficient (Wildman–Crippen LogP) is 2.88. The van der Waals surface area contributed by atoms with Crippen LogP contribution in [0.5, 0.6) is 0 Å². The van der Waals surface area contributed by atoms with Gasteiger partial charge in [0.1, 0.15) is 0 Å². The Morgan fingerprint density at radius 3 is 2.57 bits per heavy atom. The van der Waals surface area contributed by atoms with E-state index in [2.05, 4.69) is 6.58 Å². The van der Waals surface area contributed by atoms with Crippen LogP contribution in [-0.2, 0) is 4.74 Å². The highest BCUT2D eigenvalue weighted by molar-refractivity contribution is 4.66. The average molecular weight is 199 g/mol. The number of hydrogen-bond acceptors (Lipinski definition) is 2. The van der Waals surface area contributed by atoms with E-state index in [4.69, 9.17) is 10.5 Å². The van der Waals surface area contributed by atoms with Gasteiger partial charge in [0.15, 0.2) is 0 Å². The Balaban J connectivity index is 3.09. The molecular formula is C12H25NO. The van der Waals surface area contributed by atoms with Crippen molar-refractivity contribution in [3.05, 3.63) is 12.7 Å². The summed E-state index contributed by atoms with van der Waals surface area (Å²) in [4.78, 5) is 0. The molecule has 0 heterocycles. The summed E-state index contributed by atoms with van der Waals surface area (Å²) >= 11 is 0. The van der Waals surface area contributed by atoms with E-state index in [-0.39, 0.29) is 0 Å². The molecule has 0 spiro atoms. The van der Waals surface area contributed by atoms with Crippen LogP contribution in [0.4, 0.5) is 0 Å². The van der Waals surface area contributed by atoms with Gasteiger partial charge in [-0.1, -0.05) is 18.9 Å². The molecule has 0 saturated carbocycles. The van der Waals surface area contributed by atoms with Crippen LogP contribution in [0.2, 0.25) is 0 Å². The summed E-state index contributed by atoms with van der Waals surface area (Å²) in [7, 11) is 1.74. The molecular weight excluding hydrogens is 174 g/mol. The Morgan fingerprint density at radius 1 is 1.21 bits per heavy atom. The van der Waals surface area contributed by atoms with Crippen LogP contribution < -0.4 is 5.73 Å². The molecule has 2 heteroatoms. The number of methoxy groups -OCH3 is 1. The fourth-order valence-electron chi connectivity index (χ4n) is 1.51. The van der Waals surface area contributed by atoms with Crippen molar-refractivity contribution in [1.29, 1.82) is 0 Å². The summed E-state index contributed by atoms with van der Waals surface area (Å²) in [5.74, 6) is 0. The molecule has 1 atom stereocenters. The van der Waals surface area contributed by atoms with Gasteiger partial charge in [-0.15, -0.1) is 6.58 Å². The number of hydrogen-bond donors (Lipinski definition) is 1. The average Bonchev–Trinajstić information content (AvgIpc) is 2.18. The molecule has 0 aliphatic heterocycles. The van der Waals surface area contributed by atoms with Crippen LogP contribution in [-0.4, -0.2) is 19.8 Å². The maximum absolute atomic E-state index is 5.95. The third-order valence-electron chi connectivity index (χ3n) is 2.41. The summed E-state index contributed by atoms with van der Waals surface area (Å²) in [5.41, 5.74) is 5.95. The zero-order chi connectivity index (χ0) is 10.6. The zero-order valence-corrected chi connectivity index (χ0v) is 9.50. The maximum atomic E-state index is 5.95. The molecule has 0 bridgehead atoms. The van der Waals surface area contributed by atoms with E-state index >= 15 is 0 Å². The van der Waals surface area contributed by atoms with Gasteiger partial charge in [0.05, 0.1) is 0 Å². The molecule has 0 aromatic heterocycles. The molecule has 0 aliphatic rings. The summed E-state index contributed by atoms with van der Waals surface area (Å²) in [6.45, 7) is 4.54. The van der Waals surface area contributed by atoms with Crippen molar-refractivity contribution < 1.29 is 4.74 Å². The monoisotopic (exact) mass is 199 g/mol. The summed E-state index contributed by atoms with van der Waals surface area (Å²) < 4.78 is 4.98. The minimum Gasteiger partial charge on any atom is -0.385 e. The van der Waals surface area contributed by atoms with Crippen molar-refractivity contribution in [2.24, 2.45) is 5.73 Å². The minimum atomic E-state index is 0.369. The highest BCUT2D eigenvalue weighted by atomic mass is 16.5. The topological polar surface area (TPSA) is 35.2 Å². The number of ether oxygens (including phenoxy) is 1. The van der Waals surface area contributed by atoms with Gasteiger partial charge < -0.3 is 10.5 Å². The fourth-order valence-corrected chi connectivity index (χ4v) is 1.51. The molecule has 0 aliphatic carbocycles. The lowest BCUT2D eigenvalue weighted by atomic mass is 10.0. The SMILES string of the molecule is C=CCCCCCC(N)CCCOC. The molecule has 0 amide bonds. The number of rotatable bonds is 10. The van der Waals surface area contributed by atoms with Crippen LogP contribution in [0.25, 0.3) is 0 Å². The van der Waals surface area contributed by atoms with Gasteiger partial charge in [0.2, 0.25) is 0 Å². The fraction of sp³-hybridized carbons (Fsp3) is 0.833. The van der Waals surface area contributed by atoms with Gasteiger partial charge in [0, 0.05) is 19.8 Å². The molecule has 0 aromatic carbocycles. The summed E-state index contributed by atoms with van der Waals surface area (Å²) in [5, 5.41) is 0. The van der Waals surface area contributed by atoms with Gasteiger partial charge in [-0.2, -0.15) is 0 Å². The lowest BCUT2D eigenvalue weighted by Crippen LogP contribution is -2.20. The normalized spacial score (nSPS) is 12.7.